The standard InChI is InChI=1S/C19H10Cl4N2/c20-13-3-1-4-14(21)17(13)12-9-11(7-8-24)19(25-10-12)18-15(22)5-2-6-16(18)23/h1-6,9-10H,7H2. The van der Waals surface area contributed by atoms with Gasteiger partial charge in [0, 0.05) is 32.9 Å². The van der Waals surface area contributed by atoms with Crippen molar-refractivity contribution in [2.75, 3.05) is 0 Å². The summed E-state index contributed by atoms with van der Waals surface area (Å²) >= 11 is 25.2. The molecule has 0 radical (unpaired) electrons. The van der Waals surface area contributed by atoms with Crippen LogP contribution >= 0.6 is 46.4 Å². The highest BCUT2D eigenvalue weighted by Gasteiger charge is 2.17. The number of halogens is 4. The Hall–Kier alpha value is -1.76. The lowest BCUT2D eigenvalue weighted by atomic mass is 9.99. The Kier molecular flexibility index (Phi) is 5.51. The minimum atomic E-state index is 0.153. The van der Waals surface area contributed by atoms with Gasteiger partial charge >= 0.3 is 0 Å². The lowest BCUT2D eigenvalue weighted by Crippen LogP contribution is -1.96. The van der Waals surface area contributed by atoms with Crippen LogP contribution in [0.1, 0.15) is 5.56 Å². The van der Waals surface area contributed by atoms with Crippen molar-refractivity contribution in [3.05, 3.63) is 74.3 Å². The molecule has 124 valence electrons. The summed E-state index contributed by atoms with van der Waals surface area (Å²) in [5, 5.41) is 11.2. The van der Waals surface area contributed by atoms with Gasteiger partial charge in [0.25, 0.3) is 0 Å². The third kappa shape index (κ3) is 3.61. The van der Waals surface area contributed by atoms with E-state index in [1.165, 1.54) is 0 Å². The molecule has 1 heterocycles. The van der Waals surface area contributed by atoms with Gasteiger partial charge in [-0.2, -0.15) is 5.26 Å². The first-order valence-electron chi connectivity index (χ1n) is 7.27. The summed E-state index contributed by atoms with van der Waals surface area (Å²) in [6, 6.07) is 14.5. The highest BCUT2D eigenvalue weighted by molar-refractivity contribution is 6.40. The van der Waals surface area contributed by atoms with Crippen LogP contribution in [-0.4, -0.2) is 4.98 Å². The lowest BCUT2D eigenvalue weighted by Gasteiger charge is -2.13. The number of aromatic nitrogens is 1. The summed E-state index contributed by atoms with van der Waals surface area (Å²) in [6.07, 6.45) is 1.81. The Morgan fingerprint density at radius 2 is 1.36 bits per heavy atom. The van der Waals surface area contributed by atoms with E-state index in [4.69, 9.17) is 46.4 Å². The fraction of sp³-hybridized carbons (Fsp3) is 0.0526. The molecule has 6 heteroatoms. The molecule has 0 bridgehead atoms. The number of nitrogens with zero attached hydrogens (tertiary/aromatic N) is 2. The maximum absolute atomic E-state index is 9.20. The summed E-state index contributed by atoms with van der Waals surface area (Å²) in [5.41, 5.74) is 3.28. The molecule has 2 aromatic carbocycles. The zero-order valence-electron chi connectivity index (χ0n) is 12.7. The number of hydrogen-bond donors (Lipinski definition) is 0. The van der Waals surface area contributed by atoms with E-state index < -0.39 is 0 Å². The molecule has 0 spiro atoms. The van der Waals surface area contributed by atoms with Gasteiger partial charge in [-0.1, -0.05) is 58.5 Å². The average Bonchev–Trinajstić information content (AvgIpc) is 2.56. The van der Waals surface area contributed by atoms with Crippen LogP contribution in [0, 0.1) is 11.3 Å². The first kappa shape index (κ1) is 18.0. The predicted octanol–water partition coefficient (Wildman–Crippen LogP) is 7.10. The smallest absolute Gasteiger partial charge is 0.0774 e. The van der Waals surface area contributed by atoms with Crippen LogP contribution in [0.25, 0.3) is 22.4 Å². The van der Waals surface area contributed by atoms with Crippen molar-refractivity contribution in [1.29, 1.82) is 5.26 Å². The van der Waals surface area contributed by atoms with E-state index >= 15 is 0 Å². The van der Waals surface area contributed by atoms with Crippen molar-refractivity contribution in [3.63, 3.8) is 0 Å². The van der Waals surface area contributed by atoms with Gasteiger partial charge in [0.05, 0.1) is 28.2 Å². The van der Waals surface area contributed by atoms with E-state index in [1.54, 1.807) is 42.6 Å². The zero-order chi connectivity index (χ0) is 18.0. The largest absolute Gasteiger partial charge is 0.255 e. The Morgan fingerprint density at radius 3 is 1.88 bits per heavy atom. The fourth-order valence-electron chi connectivity index (χ4n) is 2.59. The molecule has 3 aromatic rings. The molecule has 25 heavy (non-hydrogen) atoms. The molecule has 0 aliphatic rings. The van der Waals surface area contributed by atoms with E-state index in [0.29, 0.717) is 42.5 Å². The van der Waals surface area contributed by atoms with Gasteiger partial charge in [-0.05, 0) is 35.9 Å². The molecule has 0 saturated carbocycles. The number of pyridine rings is 1. The molecular weight excluding hydrogens is 398 g/mol. The quantitative estimate of drug-likeness (QED) is 0.464. The molecule has 0 amide bonds. The van der Waals surface area contributed by atoms with Gasteiger partial charge in [0.1, 0.15) is 0 Å². The normalized spacial score (nSPS) is 10.5. The Balaban J connectivity index is 2.23. The molecule has 0 aliphatic carbocycles. The van der Waals surface area contributed by atoms with Crippen LogP contribution in [0.3, 0.4) is 0 Å². The summed E-state index contributed by atoms with van der Waals surface area (Å²) in [5.74, 6) is 0. The van der Waals surface area contributed by atoms with Crippen LogP contribution in [0.15, 0.2) is 48.7 Å². The van der Waals surface area contributed by atoms with Crippen LogP contribution < -0.4 is 0 Å². The van der Waals surface area contributed by atoms with E-state index in [9.17, 15) is 5.26 Å². The lowest BCUT2D eigenvalue weighted by molar-refractivity contribution is 1.20. The highest BCUT2D eigenvalue weighted by atomic mass is 35.5. The van der Waals surface area contributed by atoms with E-state index in [-0.39, 0.29) is 6.42 Å². The second kappa shape index (κ2) is 7.64. The van der Waals surface area contributed by atoms with E-state index in [1.807, 2.05) is 6.07 Å². The molecular formula is C19H10Cl4N2. The molecule has 0 aliphatic heterocycles. The van der Waals surface area contributed by atoms with Crippen LogP contribution in [0.2, 0.25) is 20.1 Å². The van der Waals surface area contributed by atoms with Crippen molar-refractivity contribution in [2.45, 2.75) is 6.42 Å². The van der Waals surface area contributed by atoms with Gasteiger partial charge in [-0.3, -0.25) is 4.98 Å². The molecule has 0 saturated heterocycles. The minimum absolute atomic E-state index is 0.153. The third-order valence-electron chi connectivity index (χ3n) is 3.69. The van der Waals surface area contributed by atoms with Gasteiger partial charge in [-0.25, -0.2) is 0 Å². The molecule has 3 rings (SSSR count). The van der Waals surface area contributed by atoms with Crippen molar-refractivity contribution in [2.24, 2.45) is 0 Å². The van der Waals surface area contributed by atoms with Crippen LogP contribution in [0.4, 0.5) is 0 Å². The second-order valence-electron chi connectivity index (χ2n) is 5.26. The maximum Gasteiger partial charge on any atom is 0.0774 e. The maximum atomic E-state index is 9.20. The summed E-state index contributed by atoms with van der Waals surface area (Å²) in [6.45, 7) is 0. The van der Waals surface area contributed by atoms with Gasteiger partial charge in [0.15, 0.2) is 0 Å². The van der Waals surface area contributed by atoms with Gasteiger partial charge in [-0.15, -0.1) is 0 Å². The van der Waals surface area contributed by atoms with Crippen molar-refractivity contribution >= 4 is 46.4 Å². The second-order valence-corrected chi connectivity index (χ2v) is 6.89. The van der Waals surface area contributed by atoms with Crippen molar-refractivity contribution in [1.82, 2.24) is 4.98 Å². The number of nitriles is 1. The first-order valence-corrected chi connectivity index (χ1v) is 8.78. The third-order valence-corrected chi connectivity index (χ3v) is 4.95. The molecule has 0 atom stereocenters. The summed E-state index contributed by atoms with van der Waals surface area (Å²) in [7, 11) is 0. The monoisotopic (exact) mass is 406 g/mol. The number of hydrogen-bond acceptors (Lipinski definition) is 2. The summed E-state index contributed by atoms with van der Waals surface area (Å²) in [4.78, 5) is 4.51. The van der Waals surface area contributed by atoms with E-state index in [2.05, 4.69) is 11.1 Å². The molecule has 2 nitrogen and oxygen atoms in total. The predicted molar refractivity (Wildman–Crippen MR) is 104 cm³/mol. The van der Waals surface area contributed by atoms with E-state index in [0.717, 1.165) is 5.56 Å². The first-order chi connectivity index (χ1) is 12.0. The average molecular weight is 408 g/mol. The molecule has 0 N–H and O–H groups in total. The molecule has 1 aromatic heterocycles. The number of rotatable bonds is 3. The van der Waals surface area contributed by atoms with Crippen LogP contribution in [0.5, 0.6) is 0 Å². The highest BCUT2D eigenvalue weighted by Crippen LogP contribution is 2.39. The number of benzene rings is 2. The van der Waals surface area contributed by atoms with Gasteiger partial charge in [0.2, 0.25) is 0 Å². The Bertz CT molecular complexity index is 953. The SMILES string of the molecule is N#CCc1cc(-c2c(Cl)cccc2Cl)cnc1-c1c(Cl)cccc1Cl. The summed E-state index contributed by atoms with van der Waals surface area (Å²) < 4.78 is 0. The zero-order valence-corrected chi connectivity index (χ0v) is 15.8. The van der Waals surface area contributed by atoms with Crippen molar-refractivity contribution in [3.8, 4) is 28.5 Å². The topological polar surface area (TPSA) is 36.7 Å². The van der Waals surface area contributed by atoms with Crippen molar-refractivity contribution < 1.29 is 0 Å². The Labute approximate surface area is 165 Å². The van der Waals surface area contributed by atoms with Gasteiger partial charge < -0.3 is 0 Å². The van der Waals surface area contributed by atoms with Crippen LogP contribution in [-0.2, 0) is 6.42 Å². The molecule has 0 unspecified atom stereocenters. The Morgan fingerprint density at radius 1 is 0.840 bits per heavy atom. The fourth-order valence-corrected chi connectivity index (χ4v) is 3.78. The minimum Gasteiger partial charge on any atom is -0.255 e. The molecule has 0 fully saturated rings.